The molecule has 116 valence electrons. The maximum Gasteiger partial charge on any atom is 0.410 e. The Morgan fingerprint density at radius 2 is 2.29 bits per heavy atom. The predicted octanol–water partition coefficient (Wildman–Crippen LogP) is 3.07. The number of rotatable bonds is 4. The molecule has 0 saturated heterocycles. The summed E-state index contributed by atoms with van der Waals surface area (Å²) in [5.41, 5.74) is 3.62. The first kappa shape index (κ1) is 15.8. The molecule has 1 aromatic rings. The van der Waals surface area contributed by atoms with Crippen molar-refractivity contribution >= 4 is 6.09 Å². The number of methoxy groups -OCH3 is 1. The Balaban J connectivity index is 2.45. The Morgan fingerprint density at radius 3 is 2.90 bits per heavy atom. The molecule has 0 radical (unpaired) electrons. The molecule has 2 rings (SSSR count). The summed E-state index contributed by atoms with van der Waals surface area (Å²) >= 11 is 0. The van der Waals surface area contributed by atoms with Crippen molar-refractivity contribution in [3.8, 4) is 0 Å². The highest BCUT2D eigenvalue weighted by Gasteiger charge is 2.36. The molecule has 0 unspecified atom stereocenters. The average Bonchev–Trinajstić information content (AvgIpc) is 2.51. The zero-order valence-electron chi connectivity index (χ0n) is 13.1. The van der Waals surface area contributed by atoms with E-state index in [1.807, 2.05) is 0 Å². The molecule has 0 aromatic heterocycles. The molecule has 21 heavy (non-hydrogen) atoms. The van der Waals surface area contributed by atoms with Crippen molar-refractivity contribution in [3.63, 3.8) is 0 Å². The fourth-order valence-electron chi connectivity index (χ4n) is 3.32. The second-order valence-electron chi connectivity index (χ2n) is 5.79. The highest BCUT2D eigenvalue weighted by molar-refractivity contribution is 5.69. The van der Waals surface area contributed by atoms with Crippen LogP contribution in [-0.2, 0) is 11.2 Å². The van der Waals surface area contributed by atoms with Gasteiger partial charge >= 0.3 is 6.09 Å². The van der Waals surface area contributed by atoms with Crippen molar-refractivity contribution < 1.29 is 14.6 Å². The molecule has 0 fully saturated rings. The summed E-state index contributed by atoms with van der Waals surface area (Å²) in [5.74, 6) is 0.0509. The van der Waals surface area contributed by atoms with Crippen molar-refractivity contribution in [2.75, 3.05) is 20.3 Å². The van der Waals surface area contributed by atoms with Gasteiger partial charge < -0.3 is 14.7 Å². The second-order valence-corrected chi connectivity index (χ2v) is 5.79. The fraction of sp³-hybridized carbons (Fsp3) is 0.588. The molecule has 4 heteroatoms. The summed E-state index contributed by atoms with van der Waals surface area (Å²) < 4.78 is 4.94. The maximum atomic E-state index is 12.1. The lowest BCUT2D eigenvalue weighted by atomic mass is 9.82. The van der Waals surface area contributed by atoms with Gasteiger partial charge in [-0.2, -0.15) is 0 Å². The first-order chi connectivity index (χ1) is 10.1. The van der Waals surface area contributed by atoms with Gasteiger partial charge in [-0.1, -0.05) is 37.1 Å². The Hall–Kier alpha value is -1.55. The van der Waals surface area contributed by atoms with E-state index >= 15 is 0 Å². The number of aliphatic hydroxyl groups excluding tert-OH is 1. The minimum Gasteiger partial charge on any atom is -0.453 e. The van der Waals surface area contributed by atoms with E-state index in [0.717, 1.165) is 19.3 Å². The number of hydrogen-bond acceptors (Lipinski definition) is 3. The van der Waals surface area contributed by atoms with Crippen molar-refractivity contribution in [3.05, 3.63) is 34.9 Å². The Morgan fingerprint density at radius 1 is 1.52 bits per heavy atom. The van der Waals surface area contributed by atoms with E-state index in [4.69, 9.17) is 4.74 Å². The number of amides is 1. The lowest BCUT2D eigenvalue weighted by Crippen LogP contribution is -2.44. The SMILES string of the molecule is CCC[C@@H](CO)[C@@H]1c2cc(C)ccc2CCN1C(=O)OC. The van der Waals surface area contributed by atoms with Gasteiger partial charge in [0.05, 0.1) is 13.2 Å². The Labute approximate surface area is 126 Å². The normalized spacial score (nSPS) is 19.0. The van der Waals surface area contributed by atoms with E-state index in [1.54, 1.807) is 4.90 Å². The van der Waals surface area contributed by atoms with Crippen LogP contribution in [0.5, 0.6) is 0 Å². The highest BCUT2D eigenvalue weighted by atomic mass is 16.5. The van der Waals surface area contributed by atoms with Crippen LogP contribution in [0.25, 0.3) is 0 Å². The van der Waals surface area contributed by atoms with Gasteiger partial charge in [-0.05, 0) is 30.9 Å². The molecule has 1 N–H and O–H groups in total. The van der Waals surface area contributed by atoms with E-state index in [0.29, 0.717) is 6.54 Å². The third kappa shape index (κ3) is 3.21. The van der Waals surface area contributed by atoms with Gasteiger partial charge in [0.25, 0.3) is 0 Å². The van der Waals surface area contributed by atoms with Crippen LogP contribution in [-0.4, -0.2) is 36.4 Å². The average molecular weight is 291 g/mol. The number of carbonyl (C=O) groups excluding carboxylic acids is 1. The summed E-state index contributed by atoms with van der Waals surface area (Å²) in [7, 11) is 1.42. The smallest absolute Gasteiger partial charge is 0.410 e. The highest BCUT2D eigenvalue weighted by Crippen LogP contribution is 2.38. The number of hydrogen-bond donors (Lipinski definition) is 1. The number of fused-ring (bicyclic) bond motifs is 1. The van der Waals surface area contributed by atoms with E-state index in [-0.39, 0.29) is 24.7 Å². The van der Waals surface area contributed by atoms with Gasteiger partial charge in [0.15, 0.2) is 0 Å². The lowest BCUT2D eigenvalue weighted by Gasteiger charge is -2.40. The minimum atomic E-state index is -0.304. The summed E-state index contributed by atoms with van der Waals surface area (Å²) in [6.45, 7) is 4.89. The molecule has 1 aliphatic heterocycles. The third-order valence-corrected chi connectivity index (χ3v) is 4.33. The number of aryl methyl sites for hydroxylation is 1. The number of carbonyl (C=O) groups is 1. The Bertz CT molecular complexity index is 501. The van der Waals surface area contributed by atoms with Crippen molar-refractivity contribution in [2.24, 2.45) is 5.92 Å². The predicted molar refractivity (Wildman–Crippen MR) is 82.2 cm³/mol. The summed E-state index contributed by atoms with van der Waals surface area (Å²) in [6, 6.07) is 6.31. The van der Waals surface area contributed by atoms with Crippen LogP contribution in [0.4, 0.5) is 4.79 Å². The zero-order chi connectivity index (χ0) is 15.4. The molecule has 1 aromatic carbocycles. The molecule has 1 heterocycles. The minimum absolute atomic E-state index is 0.0509. The van der Waals surface area contributed by atoms with Crippen molar-refractivity contribution in [1.29, 1.82) is 0 Å². The molecule has 1 amide bonds. The quantitative estimate of drug-likeness (QED) is 0.927. The van der Waals surface area contributed by atoms with Crippen LogP contribution < -0.4 is 0 Å². The molecule has 0 aliphatic carbocycles. The summed E-state index contributed by atoms with van der Waals surface area (Å²) in [6.07, 6.45) is 2.41. The van der Waals surface area contributed by atoms with E-state index < -0.39 is 0 Å². The molecule has 4 nitrogen and oxygen atoms in total. The molecular formula is C17H25NO3. The van der Waals surface area contributed by atoms with Crippen molar-refractivity contribution in [2.45, 2.75) is 39.2 Å². The van der Waals surface area contributed by atoms with Crippen LogP contribution in [0, 0.1) is 12.8 Å². The van der Waals surface area contributed by atoms with Gasteiger partial charge in [0.1, 0.15) is 0 Å². The van der Waals surface area contributed by atoms with Crippen LogP contribution in [0.1, 0.15) is 42.5 Å². The topological polar surface area (TPSA) is 49.8 Å². The summed E-state index contributed by atoms with van der Waals surface area (Å²) in [5, 5.41) is 9.80. The molecule has 0 bridgehead atoms. The van der Waals surface area contributed by atoms with Gasteiger partial charge in [0.2, 0.25) is 0 Å². The molecule has 0 spiro atoms. The third-order valence-electron chi connectivity index (χ3n) is 4.33. The first-order valence-electron chi connectivity index (χ1n) is 7.67. The number of ether oxygens (including phenoxy) is 1. The van der Waals surface area contributed by atoms with Crippen LogP contribution >= 0.6 is 0 Å². The fourth-order valence-corrected chi connectivity index (χ4v) is 3.32. The van der Waals surface area contributed by atoms with Gasteiger partial charge in [-0.15, -0.1) is 0 Å². The largest absolute Gasteiger partial charge is 0.453 e. The summed E-state index contributed by atoms with van der Waals surface area (Å²) in [4.78, 5) is 13.9. The van der Waals surface area contributed by atoms with Gasteiger partial charge in [0, 0.05) is 19.1 Å². The molecule has 0 saturated carbocycles. The van der Waals surface area contributed by atoms with Crippen LogP contribution in [0.2, 0.25) is 0 Å². The number of benzene rings is 1. The van der Waals surface area contributed by atoms with Crippen molar-refractivity contribution in [1.82, 2.24) is 4.90 Å². The Kier molecular flexibility index (Phi) is 5.23. The number of aliphatic hydroxyl groups is 1. The standard InChI is InChI=1S/C17H25NO3/c1-4-5-14(11-19)16-15-10-12(2)6-7-13(15)8-9-18(16)17(20)21-3/h6-7,10,14,16,19H,4-5,8-9,11H2,1-3H3/t14-,16+/m0/s1. The van der Waals surface area contributed by atoms with Gasteiger partial charge in [-0.25, -0.2) is 4.79 Å². The van der Waals surface area contributed by atoms with Crippen LogP contribution in [0.15, 0.2) is 18.2 Å². The second kappa shape index (κ2) is 6.94. The van der Waals surface area contributed by atoms with E-state index in [9.17, 15) is 9.90 Å². The molecule has 1 aliphatic rings. The molecule has 2 atom stereocenters. The van der Waals surface area contributed by atoms with E-state index in [1.165, 1.54) is 23.8 Å². The molecular weight excluding hydrogens is 266 g/mol. The first-order valence-corrected chi connectivity index (χ1v) is 7.67. The lowest BCUT2D eigenvalue weighted by molar-refractivity contribution is 0.0629. The maximum absolute atomic E-state index is 12.1. The van der Waals surface area contributed by atoms with E-state index in [2.05, 4.69) is 32.0 Å². The number of nitrogens with zero attached hydrogens (tertiary/aromatic N) is 1. The monoisotopic (exact) mass is 291 g/mol. The van der Waals surface area contributed by atoms with Crippen LogP contribution in [0.3, 0.4) is 0 Å². The van der Waals surface area contributed by atoms with Gasteiger partial charge in [-0.3, -0.25) is 0 Å². The zero-order valence-corrected chi connectivity index (χ0v) is 13.1.